The number of rotatable bonds is 5. The highest BCUT2D eigenvalue weighted by Crippen LogP contribution is 2.31. The van der Waals surface area contributed by atoms with Crippen molar-refractivity contribution in [1.82, 2.24) is 19.8 Å². The zero-order valence-electron chi connectivity index (χ0n) is 16.5. The maximum absolute atomic E-state index is 11.3. The minimum atomic E-state index is -0.0563. The van der Waals surface area contributed by atoms with Crippen LogP contribution in [0.3, 0.4) is 0 Å². The number of piperazine rings is 1. The lowest BCUT2D eigenvalue weighted by molar-refractivity contribution is -0.114. The summed E-state index contributed by atoms with van der Waals surface area (Å²) in [6.07, 6.45) is 0. The minimum Gasteiger partial charge on any atom is -0.327 e. The van der Waals surface area contributed by atoms with Gasteiger partial charge in [0.15, 0.2) is 0 Å². The molecule has 6 nitrogen and oxygen atoms in total. The maximum Gasteiger partial charge on any atom is 0.221 e. The molecule has 0 aliphatic carbocycles. The Kier molecular flexibility index (Phi) is 5.41. The molecule has 3 aromatic rings. The van der Waals surface area contributed by atoms with Gasteiger partial charge in [0.2, 0.25) is 5.91 Å². The average molecular weight is 377 g/mol. The van der Waals surface area contributed by atoms with Gasteiger partial charge < -0.3 is 15.2 Å². The summed E-state index contributed by atoms with van der Waals surface area (Å²) in [5.41, 5.74) is 4.23. The fourth-order valence-corrected chi connectivity index (χ4v) is 4.05. The highest BCUT2D eigenvalue weighted by atomic mass is 16.1. The summed E-state index contributed by atoms with van der Waals surface area (Å²) in [6, 6.07) is 16.6. The molecule has 0 bridgehead atoms. The van der Waals surface area contributed by atoms with Crippen molar-refractivity contribution in [2.45, 2.75) is 26.4 Å². The topological polar surface area (TPSA) is 62.2 Å². The molecule has 1 saturated heterocycles. The van der Waals surface area contributed by atoms with Crippen molar-refractivity contribution in [3.63, 3.8) is 0 Å². The third-order valence-electron chi connectivity index (χ3n) is 5.31. The van der Waals surface area contributed by atoms with Gasteiger partial charge in [0.1, 0.15) is 5.82 Å². The first kappa shape index (κ1) is 18.7. The molecule has 1 aliphatic rings. The van der Waals surface area contributed by atoms with E-state index < -0.39 is 0 Å². The Balaban J connectivity index is 1.79. The van der Waals surface area contributed by atoms with Crippen LogP contribution in [0.5, 0.6) is 0 Å². The molecule has 2 heterocycles. The number of para-hydroxylation sites is 2. The molecule has 1 unspecified atom stereocenters. The van der Waals surface area contributed by atoms with Gasteiger partial charge in [-0.15, -0.1) is 0 Å². The van der Waals surface area contributed by atoms with Gasteiger partial charge in [0.05, 0.1) is 17.1 Å². The number of nitrogens with one attached hydrogen (secondary N) is 2. The first-order valence-corrected chi connectivity index (χ1v) is 9.95. The van der Waals surface area contributed by atoms with Gasteiger partial charge in [-0.1, -0.05) is 24.3 Å². The molecule has 4 rings (SSSR count). The van der Waals surface area contributed by atoms with E-state index in [2.05, 4.69) is 57.4 Å². The van der Waals surface area contributed by atoms with Crippen LogP contribution in [0.25, 0.3) is 11.0 Å². The van der Waals surface area contributed by atoms with E-state index in [1.807, 2.05) is 18.2 Å². The standard InChI is InChI=1S/C22H27N5O/c1-3-27-20-7-5-4-6-19(20)25-22(27)21(26-14-12-23-13-15-26)17-8-10-18(11-9-17)24-16(2)28/h4-11,21,23H,3,12-15H2,1-2H3,(H,24,28). The highest BCUT2D eigenvalue weighted by Gasteiger charge is 2.28. The number of amides is 1. The van der Waals surface area contributed by atoms with Crippen LogP contribution in [0.1, 0.15) is 31.3 Å². The molecule has 28 heavy (non-hydrogen) atoms. The molecule has 0 saturated carbocycles. The fraction of sp³-hybridized carbons (Fsp3) is 0.364. The molecule has 1 aromatic heterocycles. The largest absolute Gasteiger partial charge is 0.327 e. The van der Waals surface area contributed by atoms with E-state index in [-0.39, 0.29) is 11.9 Å². The van der Waals surface area contributed by atoms with E-state index >= 15 is 0 Å². The first-order valence-electron chi connectivity index (χ1n) is 9.95. The number of aryl methyl sites for hydroxylation is 1. The van der Waals surface area contributed by atoms with Gasteiger partial charge in [-0.3, -0.25) is 9.69 Å². The maximum atomic E-state index is 11.3. The van der Waals surface area contributed by atoms with E-state index in [0.717, 1.165) is 49.8 Å². The van der Waals surface area contributed by atoms with Crippen molar-refractivity contribution in [2.75, 3.05) is 31.5 Å². The summed E-state index contributed by atoms with van der Waals surface area (Å²) in [5, 5.41) is 6.29. The van der Waals surface area contributed by atoms with Crippen molar-refractivity contribution >= 4 is 22.6 Å². The molecular formula is C22H27N5O. The summed E-state index contributed by atoms with van der Waals surface area (Å²) in [7, 11) is 0. The fourth-order valence-electron chi connectivity index (χ4n) is 4.05. The second-order valence-electron chi connectivity index (χ2n) is 7.19. The van der Waals surface area contributed by atoms with Gasteiger partial charge in [-0.2, -0.15) is 0 Å². The Hall–Kier alpha value is -2.70. The average Bonchev–Trinajstić information content (AvgIpc) is 3.08. The Morgan fingerprint density at radius 1 is 1.14 bits per heavy atom. The van der Waals surface area contributed by atoms with Crippen LogP contribution < -0.4 is 10.6 Å². The van der Waals surface area contributed by atoms with Crippen molar-refractivity contribution in [2.24, 2.45) is 0 Å². The number of benzene rings is 2. The van der Waals surface area contributed by atoms with Crippen molar-refractivity contribution in [3.8, 4) is 0 Å². The Labute approximate surface area is 165 Å². The number of hydrogen-bond donors (Lipinski definition) is 2. The number of aromatic nitrogens is 2. The van der Waals surface area contributed by atoms with Gasteiger partial charge >= 0.3 is 0 Å². The van der Waals surface area contributed by atoms with Crippen molar-refractivity contribution in [1.29, 1.82) is 0 Å². The van der Waals surface area contributed by atoms with E-state index in [0.29, 0.717) is 0 Å². The number of carbonyl (C=O) groups is 1. The molecule has 146 valence electrons. The molecule has 0 radical (unpaired) electrons. The van der Waals surface area contributed by atoms with Crippen LogP contribution >= 0.6 is 0 Å². The van der Waals surface area contributed by atoms with Gasteiger partial charge in [0.25, 0.3) is 0 Å². The van der Waals surface area contributed by atoms with Crippen LogP contribution in [0.2, 0.25) is 0 Å². The van der Waals surface area contributed by atoms with E-state index in [4.69, 9.17) is 4.98 Å². The summed E-state index contributed by atoms with van der Waals surface area (Å²) < 4.78 is 2.32. The van der Waals surface area contributed by atoms with Crippen LogP contribution in [0, 0.1) is 0 Å². The minimum absolute atomic E-state index is 0.0563. The third-order valence-corrected chi connectivity index (χ3v) is 5.31. The molecular weight excluding hydrogens is 350 g/mol. The molecule has 1 fully saturated rings. The Bertz CT molecular complexity index is 957. The van der Waals surface area contributed by atoms with Gasteiger partial charge in [-0.05, 0) is 36.8 Å². The van der Waals surface area contributed by atoms with E-state index in [1.54, 1.807) is 0 Å². The Morgan fingerprint density at radius 3 is 2.54 bits per heavy atom. The number of fused-ring (bicyclic) bond motifs is 1. The molecule has 1 amide bonds. The number of anilines is 1. The second-order valence-corrected chi connectivity index (χ2v) is 7.19. The predicted molar refractivity (Wildman–Crippen MR) is 112 cm³/mol. The molecule has 2 N–H and O–H groups in total. The predicted octanol–water partition coefficient (Wildman–Crippen LogP) is 3.01. The normalized spacial score (nSPS) is 16.2. The summed E-state index contributed by atoms with van der Waals surface area (Å²) in [5.74, 6) is 1.03. The summed E-state index contributed by atoms with van der Waals surface area (Å²) in [4.78, 5) is 18.9. The van der Waals surface area contributed by atoms with Crippen molar-refractivity contribution in [3.05, 3.63) is 59.9 Å². The SMILES string of the molecule is CCn1c(C(c2ccc(NC(C)=O)cc2)N2CCNCC2)nc2ccccc21. The number of hydrogen-bond acceptors (Lipinski definition) is 4. The van der Waals surface area contributed by atoms with Gasteiger partial charge in [0, 0.05) is 45.3 Å². The molecule has 2 aromatic carbocycles. The van der Waals surface area contributed by atoms with Crippen LogP contribution in [-0.4, -0.2) is 46.5 Å². The van der Waals surface area contributed by atoms with Crippen LogP contribution in [0.4, 0.5) is 5.69 Å². The van der Waals surface area contributed by atoms with Crippen LogP contribution in [-0.2, 0) is 11.3 Å². The molecule has 1 aliphatic heterocycles. The van der Waals surface area contributed by atoms with Crippen molar-refractivity contribution < 1.29 is 4.79 Å². The van der Waals surface area contributed by atoms with E-state index in [9.17, 15) is 4.79 Å². The molecule has 1 atom stereocenters. The zero-order valence-corrected chi connectivity index (χ0v) is 16.5. The Morgan fingerprint density at radius 2 is 1.86 bits per heavy atom. The highest BCUT2D eigenvalue weighted by molar-refractivity contribution is 5.88. The lowest BCUT2D eigenvalue weighted by Gasteiger charge is -2.35. The lowest BCUT2D eigenvalue weighted by Crippen LogP contribution is -2.46. The quantitative estimate of drug-likeness (QED) is 0.718. The smallest absolute Gasteiger partial charge is 0.221 e. The van der Waals surface area contributed by atoms with Crippen LogP contribution in [0.15, 0.2) is 48.5 Å². The van der Waals surface area contributed by atoms with Gasteiger partial charge in [-0.25, -0.2) is 4.98 Å². The monoisotopic (exact) mass is 377 g/mol. The third kappa shape index (κ3) is 3.66. The number of imidazole rings is 1. The molecule has 6 heteroatoms. The number of nitrogens with zero attached hydrogens (tertiary/aromatic N) is 3. The zero-order chi connectivity index (χ0) is 19.5. The number of carbonyl (C=O) groups excluding carboxylic acids is 1. The summed E-state index contributed by atoms with van der Waals surface area (Å²) >= 11 is 0. The first-order chi connectivity index (χ1) is 13.7. The lowest BCUT2D eigenvalue weighted by atomic mass is 10.0. The second kappa shape index (κ2) is 8.12. The summed E-state index contributed by atoms with van der Waals surface area (Å²) in [6.45, 7) is 8.49. The van der Waals surface area contributed by atoms with E-state index in [1.165, 1.54) is 18.0 Å². The molecule has 0 spiro atoms.